The molecule has 0 unspecified atom stereocenters. The van der Waals surface area contributed by atoms with Crippen LogP contribution in [0.15, 0.2) is 35.4 Å². The van der Waals surface area contributed by atoms with E-state index in [0.29, 0.717) is 10.6 Å². The molecule has 1 heterocycles. The van der Waals surface area contributed by atoms with Crippen molar-refractivity contribution in [2.45, 2.75) is 13.8 Å². The lowest BCUT2D eigenvalue weighted by Crippen LogP contribution is -2.17. The van der Waals surface area contributed by atoms with E-state index in [4.69, 9.17) is 11.6 Å². The Bertz CT molecular complexity index is 634. The number of hydrazone groups is 1. The predicted molar refractivity (Wildman–Crippen MR) is 80.3 cm³/mol. The number of hydrogen-bond donors (Lipinski definition) is 1. The van der Waals surface area contributed by atoms with E-state index in [-0.39, 0.29) is 5.91 Å². The number of benzene rings is 1. The lowest BCUT2D eigenvalue weighted by molar-refractivity contribution is 0.0955. The Hall–Kier alpha value is -1.65. The van der Waals surface area contributed by atoms with Crippen LogP contribution < -0.4 is 5.43 Å². The summed E-state index contributed by atoms with van der Waals surface area (Å²) in [6.45, 7) is 3.94. The fourth-order valence-electron chi connectivity index (χ4n) is 1.54. The maximum Gasteiger partial charge on any atom is 0.272 e. The van der Waals surface area contributed by atoms with Gasteiger partial charge in [-0.05, 0) is 43.7 Å². The molecule has 1 aromatic heterocycles. The van der Waals surface area contributed by atoms with Crippen LogP contribution in [0.5, 0.6) is 0 Å². The molecule has 1 amide bonds. The molecule has 0 aliphatic rings. The first-order chi connectivity index (χ1) is 9.06. The third kappa shape index (κ3) is 3.66. The van der Waals surface area contributed by atoms with Crippen LogP contribution in [0, 0.1) is 13.8 Å². The molecular formula is C14H13ClN2OS. The summed E-state index contributed by atoms with van der Waals surface area (Å²) in [7, 11) is 0. The molecule has 19 heavy (non-hydrogen) atoms. The molecule has 0 saturated carbocycles. The first-order valence-electron chi connectivity index (χ1n) is 5.72. The fraction of sp³-hybridized carbons (Fsp3) is 0.143. The van der Waals surface area contributed by atoms with Crippen LogP contribution in [-0.2, 0) is 0 Å². The van der Waals surface area contributed by atoms with E-state index >= 15 is 0 Å². The normalized spacial score (nSPS) is 10.9. The van der Waals surface area contributed by atoms with Gasteiger partial charge in [0.2, 0.25) is 0 Å². The molecule has 5 heteroatoms. The maximum atomic E-state index is 11.9. The molecule has 0 spiro atoms. The van der Waals surface area contributed by atoms with E-state index in [1.165, 1.54) is 4.88 Å². The molecule has 0 radical (unpaired) electrons. The molecule has 0 atom stereocenters. The molecular weight excluding hydrogens is 280 g/mol. The van der Waals surface area contributed by atoms with Gasteiger partial charge in [0.1, 0.15) is 0 Å². The molecule has 98 valence electrons. The van der Waals surface area contributed by atoms with E-state index in [9.17, 15) is 4.79 Å². The predicted octanol–water partition coefficient (Wildman–Crippen LogP) is 3.78. The largest absolute Gasteiger partial charge is 0.272 e. The number of nitrogens with one attached hydrogen (secondary N) is 1. The Labute approximate surface area is 120 Å². The van der Waals surface area contributed by atoms with Gasteiger partial charge in [-0.2, -0.15) is 5.10 Å². The highest BCUT2D eigenvalue weighted by atomic mass is 35.5. The lowest BCUT2D eigenvalue weighted by atomic mass is 10.1. The number of amides is 1. The summed E-state index contributed by atoms with van der Waals surface area (Å²) in [5.41, 5.74) is 3.91. The molecule has 0 aliphatic carbocycles. The van der Waals surface area contributed by atoms with Crippen molar-refractivity contribution in [2.75, 3.05) is 0 Å². The minimum absolute atomic E-state index is 0.311. The Morgan fingerprint density at radius 1 is 1.32 bits per heavy atom. The molecule has 1 aromatic carbocycles. The van der Waals surface area contributed by atoms with Crippen LogP contribution >= 0.6 is 22.9 Å². The van der Waals surface area contributed by atoms with Gasteiger partial charge in [-0.1, -0.05) is 17.7 Å². The summed E-state index contributed by atoms with van der Waals surface area (Å²) < 4.78 is 0. The van der Waals surface area contributed by atoms with Crippen molar-refractivity contribution >= 4 is 35.1 Å². The standard InChI is InChI=1S/C14H13ClN2OS/c1-9-3-6-12(13(15)7-9)14(18)17-16-8-11-5-4-10(2)19-11/h3-8H,1-2H3,(H,17,18)/b16-8+. The van der Waals surface area contributed by atoms with Gasteiger partial charge >= 0.3 is 0 Å². The second-order valence-electron chi connectivity index (χ2n) is 4.13. The Kier molecular flexibility index (Phi) is 4.35. The molecule has 1 N–H and O–H groups in total. The average Bonchev–Trinajstić information content (AvgIpc) is 2.75. The summed E-state index contributed by atoms with van der Waals surface area (Å²) in [4.78, 5) is 14.1. The van der Waals surface area contributed by atoms with Crippen LogP contribution in [0.2, 0.25) is 5.02 Å². The fourth-order valence-corrected chi connectivity index (χ4v) is 2.61. The van der Waals surface area contributed by atoms with E-state index < -0.39 is 0 Å². The number of thiophene rings is 1. The number of rotatable bonds is 3. The molecule has 0 bridgehead atoms. The average molecular weight is 293 g/mol. The number of aryl methyl sites for hydroxylation is 2. The summed E-state index contributed by atoms with van der Waals surface area (Å²) in [6.07, 6.45) is 1.62. The summed E-state index contributed by atoms with van der Waals surface area (Å²) in [6, 6.07) is 9.24. The van der Waals surface area contributed by atoms with Gasteiger partial charge < -0.3 is 0 Å². The van der Waals surface area contributed by atoms with Gasteiger partial charge in [0.15, 0.2) is 0 Å². The van der Waals surface area contributed by atoms with Crippen LogP contribution in [0.3, 0.4) is 0 Å². The highest BCUT2D eigenvalue weighted by molar-refractivity contribution is 7.13. The van der Waals surface area contributed by atoms with Crippen molar-refractivity contribution in [3.05, 3.63) is 56.2 Å². The van der Waals surface area contributed by atoms with Gasteiger partial charge in [-0.3, -0.25) is 4.79 Å². The summed E-state index contributed by atoms with van der Waals surface area (Å²) in [5, 5.41) is 4.35. The van der Waals surface area contributed by atoms with Crippen LogP contribution in [0.4, 0.5) is 0 Å². The quantitative estimate of drug-likeness (QED) is 0.679. The Morgan fingerprint density at radius 3 is 2.74 bits per heavy atom. The van der Waals surface area contributed by atoms with Gasteiger partial charge in [0, 0.05) is 9.75 Å². The van der Waals surface area contributed by atoms with E-state index in [2.05, 4.69) is 10.5 Å². The number of carbonyl (C=O) groups is 1. The van der Waals surface area contributed by atoms with Crippen LogP contribution in [0.25, 0.3) is 0 Å². The van der Waals surface area contributed by atoms with Gasteiger partial charge in [-0.25, -0.2) is 5.43 Å². The topological polar surface area (TPSA) is 41.5 Å². The minimum Gasteiger partial charge on any atom is -0.267 e. The molecule has 2 aromatic rings. The molecule has 3 nitrogen and oxygen atoms in total. The number of halogens is 1. The van der Waals surface area contributed by atoms with Crippen LogP contribution in [-0.4, -0.2) is 12.1 Å². The van der Waals surface area contributed by atoms with Gasteiger partial charge in [-0.15, -0.1) is 11.3 Å². The lowest BCUT2D eigenvalue weighted by Gasteiger charge is -2.03. The molecule has 2 rings (SSSR count). The smallest absolute Gasteiger partial charge is 0.267 e. The molecule has 0 saturated heterocycles. The zero-order valence-electron chi connectivity index (χ0n) is 10.6. The first kappa shape index (κ1) is 13.8. The Morgan fingerprint density at radius 2 is 2.11 bits per heavy atom. The van der Waals surface area contributed by atoms with Crippen molar-refractivity contribution in [2.24, 2.45) is 5.10 Å². The molecule has 0 aliphatic heterocycles. The molecule has 0 fully saturated rings. The van der Waals surface area contributed by atoms with Crippen LogP contribution in [0.1, 0.15) is 25.7 Å². The third-order valence-electron chi connectivity index (χ3n) is 2.49. The van der Waals surface area contributed by atoms with Crippen molar-refractivity contribution in [3.8, 4) is 0 Å². The minimum atomic E-state index is -0.311. The van der Waals surface area contributed by atoms with Crippen molar-refractivity contribution < 1.29 is 4.79 Å². The Balaban J connectivity index is 2.03. The van der Waals surface area contributed by atoms with E-state index in [1.54, 1.807) is 29.7 Å². The van der Waals surface area contributed by atoms with Crippen molar-refractivity contribution in [3.63, 3.8) is 0 Å². The summed E-state index contributed by atoms with van der Waals surface area (Å²) in [5.74, 6) is -0.311. The zero-order chi connectivity index (χ0) is 13.8. The number of hydrogen-bond acceptors (Lipinski definition) is 3. The monoisotopic (exact) mass is 292 g/mol. The first-order valence-corrected chi connectivity index (χ1v) is 6.92. The maximum absolute atomic E-state index is 11.9. The highest BCUT2D eigenvalue weighted by Crippen LogP contribution is 2.17. The SMILES string of the molecule is Cc1ccc(C(=O)N/N=C/c2ccc(C)s2)c(Cl)c1. The van der Waals surface area contributed by atoms with E-state index in [1.807, 2.05) is 32.0 Å². The third-order valence-corrected chi connectivity index (χ3v) is 3.74. The van der Waals surface area contributed by atoms with Gasteiger partial charge in [0.05, 0.1) is 16.8 Å². The second-order valence-corrected chi connectivity index (χ2v) is 5.86. The summed E-state index contributed by atoms with van der Waals surface area (Å²) >= 11 is 7.63. The number of carbonyl (C=O) groups excluding carboxylic acids is 1. The second kappa shape index (κ2) is 5.99. The highest BCUT2D eigenvalue weighted by Gasteiger charge is 2.08. The van der Waals surface area contributed by atoms with Gasteiger partial charge in [0.25, 0.3) is 5.91 Å². The van der Waals surface area contributed by atoms with Crippen molar-refractivity contribution in [1.29, 1.82) is 0 Å². The number of nitrogens with zero attached hydrogens (tertiary/aromatic N) is 1. The zero-order valence-corrected chi connectivity index (χ0v) is 12.2. The van der Waals surface area contributed by atoms with Crippen molar-refractivity contribution in [1.82, 2.24) is 5.43 Å². The van der Waals surface area contributed by atoms with E-state index in [0.717, 1.165) is 10.4 Å².